The molecule has 0 saturated carbocycles. The average molecular weight is 342 g/mol. The molecule has 1 aromatic carbocycles. The van der Waals surface area contributed by atoms with Crippen LogP contribution in [0, 0.1) is 13.8 Å². The van der Waals surface area contributed by atoms with Gasteiger partial charge in [0.2, 0.25) is 5.03 Å². The predicted molar refractivity (Wildman–Crippen MR) is 88.9 cm³/mol. The minimum atomic E-state index is -3.83. The summed E-state index contributed by atoms with van der Waals surface area (Å²) in [5.74, 6) is 0. The van der Waals surface area contributed by atoms with Crippen LogP contribution in [0.1, 0.15) is 25.0 Å². The minimum Gasteiger partial charge on any atom is -0.324 e. The van der Waals surface area contributed by atoms with Crippen molar-refractivity contribution in [2.45, 2.75) is 38.8 Å². The Kier molecular flexibility index (Phi) is 4.54. The molecular formula is C15H20ClN3O2S. The number of hydrogen-bond donors (Lipinski definition) is 0. The highest BCUT2D eigenvalue weighted by atomic mass is 35.5. The van der Waals surface area contributed by atoms with Gasteiger partial charge in [0.15, 0.2) is 0 Å². The summed E-state index contributed by atoms with van der Waals surface area (Å²) < 4.78 is 28.9. The Morgan fingerprint density at radius 1 is 1.27 bits per heavy atom. The summed E-state index contributed by atoms with van der Waals surface area (Å²) in [6, 6.07) is 5.47. The Balaban J connectivity index is 2.67. The van der Waals surface area contributed by atoms with E-state index in [0.717, 1.165) is 11.1 Å². The molecular weight excluding hydrogens is 322 g/mol. The van der Waals surface area contributed by atoms with E-state index in [1.807, 2.05) is 45.9 Å². The normalized spacial score (nSPS) is 12.0. The third-order valence-electron chi connectivity index (χ3n) is 3.41. The third-order valence-corrected chi connectivity index (χ3v) is 5.89. The largest absolute Gasteiger partial charge is 0.324 e. The number of nitrogens with zero attached hydrogens (tertiary/aromatic N) is 3. The van der Waals surface area contributed by atoms with Crippen LogP contribution >= 0.6 is 11.6 Å². The first-order chi connectivity index (χ1) is 10.2. The molecule has 1 heterocycles. The van der Waals surface area contributed by atoms with Gasteiger partial charge in [0.05, 0.1) is 12.0 Å². The summed E-state index contributed by atoms with van der Waals surface area (Å²) in [4.78, 5) is 3.97. The lowest BCUT2D eigenvalue weighted by molar-refractivity contribution is 0.581. The van der Waals surface area contributed by atoms with Crippen molar-refractivity contribution in [3.63, 3.8) is 0 Å². The molecule has 0 amide bonds. The van der Waals surface area contributed by atoms with Crippen molar-refractivity contribution >= 4 is 27.3 Å². The smallest absolute Gasteiger partial charge is 0.285 e. The van der Waals surface area contributed by atoms with Crippen molar-refractivity contribution < 1.29 is 8.42 Å². The van der Waals surface area contributed by atoms with E-state index in [9.17, 15) is 8.42 Å². The maximum absolute atomic E-state index is 13.0. The molecule has 0 spiro atoms. The van der Waals surface area contributed by atoms with Crippen LogP contribution in [0.15, 0.2) is 29.6 Å². The molecule has 0 N–H and O–H groups in total. The molecule has 7 heteroatoms. The van der Waals surface area contributed by atoms with Crippen molar-refractivity contribution in [3.05, 3.63) is 40.8 Å². The molecule has 0 saturated heterocycles. The highest BCUT2D eigenvalue weighted by Crippen LogP contribution is 2.31. The average Bonchev–Trinajstić information content (AvgIpc) is 2.74. The molecule has 2 rings (SSSR count). The molecule has 5 nitrogen and oxygen atoms in total. The van der Waals surface area contributed by atoms with Crippen LogP contribution in [-0.4, -0.2) is 24.0 Å². The first-order valence-electron chi connectivity index (χ1n) is 6.94. The molecule has 0 aliphatic heterocycles. The van der Waals surface area contributed by atoms with Gasteiger partial charge < -0.3 is 4.57 Å². The van der Waals surface area contributed by atoms with E-state index < -0.39 is 10.0 Å². The number of benzene rings is 1. The van der Waals surface area contributed by atoms with Gasteiger partial charge in [0.1, 0.15) is 5.15 Å². The van der Waals surface area contributed by atoms with Gasteiger partial charge in [0, 0.05) is 13.1 Å². The number of imidazole rings is 1. The highest BCUT2D eigenvalue weighted by Gasteiger charge is 2.33. The minimum absolute atomic E-state index is 0.107. The molecule has 22 heavy (non-hydrogen) atoms. The van der Waals surface area contributed by atoms with Crippen molar-refractivity contribution in [1.82, 2.24) is 9.55 Å². The quantitative estimate of drug-likeness (QED) is 0.857. The van der Waals surface area contributed by atoms with Gasteiger partial charge in [-0.15, -0.1) is 0 Å². The molecule has 0 unspecified atom stereocenters. The Labute approximate surface area is 136 Å². The van der Waals surface area contributed by atoms with Crippen molar-refractivity contribution in [2.75, 3.05) is 4.31 Å². The maximum Gasteiger partial charge on any atom is 0.285 e. The second kappa shape index (κ2) is 5.93. The van der Waals surface area contributed by atoms with Gasteiger partial charge in [-0.05, 0) is 44.9 Å². The predicted octanol–water partition coefficient (Wildman–Crippen LogP) is 3.29. The van der Waals surface area contributed by atoms with Crippen LogP contribution in [0.25, 0.3) is 0 Å². The van der Waals surface area contributed by atoms with Crippen LogP contribution in [-0.2, 0) is 17.1 Å². The Bertz CT molecular complexity index is 797. The van der Waals surface area contributed by atoms with Crippen LogP contribution in [0.4, 0.5) is 5.69 Å². The first-order valence-corrected chi connectivity index (χ1v) is 8.76. The number of halogens is 1. The number of aryl methyl sites for hydroxylation is 3. The third kappa shape index (κ3) is 2.85. The molecule has 0 aliphatic rings. The van der Waals surface area contributed by atoms with E-state index >= 15 is 0 Å². The highest BCUT2D eigenvalue weighted by molar-refractivity contribution is 7.92. The molecule has 120 valence electrons. The number of hydrogen-bond acceptors (Lipinski definition) is 3. The second-order valence-electron chi connectivity index (χ2n) is 5.64. The Morgan fingerprint density at radius 2 is 1.91 bits per heavy atom. The molecule has 1 aromatic heterocycles. The summed E-state index contributed by atoms with van der Waals surface area (Å²) in [7, 11) is -2.17. The van der Waals surface area contributed by atoms with E-state index in [-0.39, 0.29) is 16.2 Å². The standard InChI is InChI=1S/C15H20ClN3O2S/c1-10(2)19(13-8-11(3)6-7-12(13)4)22(20,21)15-14(16)18(5)9-17-15/h6-10H,1-5H3. The van der Waals surface area contributed by atoms with E-state index in [0.29, 0.717) is 5.69 Å². The SMILES string of the molecule is Cc1ccc(C)c(N(C(C)C)S(=O)(=O)c2ncn(C)c2Cl)c1. The van der Waals surface area contributed by atoms with E-state index in [1.54, 1.807) is 7.05 Å². The fourth-order valence-electron chi connectivity index (χ4n) is 2.30. The van der Waals surface area contributed by atoms with Crippen LogP contribution < -0.4 is 4.31 Å². The second-order valence-corrected chi connectivity index (χ2v) is 7.72. The zero-order valence-corrected chi connectivity index (χ0v) is 14.9. The monoisotopic (exact) mass is 341 g/mol. The number of sulfonamides is 1. The van der Waals surface area contributed by atoms with Gasteiger partial charge in [-0.3, -0.25) is 4.31 Å². The van der Waals surface area contributed by atoms with Crippen LogP contribution in [0.5, 0.6) is 0 Å². The van der Waals surface area contributed by atoms with E-state index in [1.165, 1.54) is 15.2 Å². The van der Waals surface area contributed by atoms with E-state index in [4.69, 9.17) is 11.6 Å². The number of rotatable bonds is 4. The topological polar surface area (TPSA) is 55.2 Å². The van der Waals surface area contributed by atoms with Crippen LogP contribution in [0.3, 0.4) is 0 Å². The lowest BCUT2D eigenvalue weighted by Crippen LogP contribution is -2.38. The molecule has 0 radical (unpaired) electrons. The Hall–Kier alpha value is -1.53. The van der Waals surface area contributed by atoms with Crippen molar-refractivity contribution in [2.24, 2.45) is 7.05 Å². The summed E-state index contributed by atoms with van der Waals surface area (Å²) in [6.07, 6.45) is 1.40. The van der Waals surface area contributed by atoms with Gasteiger partial charge in [-0.1, -0.05) is 23.7 Å². The maximum atomic E-state index is 13.0. The lowest BCUT2D eigenvalue weighted by Gasteiger charge is -2.29. The molecule has 2 aromatic rings. The summed E-state index contributed by atoms with van der Waals surface area (Å²) >= 11 is 6.10. The number of aromatic nitrogens is 2. The fourth-order valence-corrected chi connectivity index (χ4v) is 4.42. The summed E-state index contributed by atoms with van der Waals surface area (Å²) in [5, 5.41) is -0.0118. The lowest BCUT2D eigenvalue weighted by atomic mass is 10.1. The Morgan fingerprint density at radius 3 is 2.41 bits per heavy atom. The molecule has 0 bridgehead atoms. The number of anilines is 1. The zero-order chi connectivity index (χ0) is 16.7. The molecule has 0 fully saturated rings. The van der Waals surface area contributed by atoms with Gasteiger partial charge in [-0.25, -0.2) is 4.98 Å². The zero-order valence-electron chi connectivity index (χ0n) is 13.3. The van der Waals surface area contributed by atoms with Crippen LogP contribution in [0.2, 0.25) is 5.15 Å². The van der Waals surface area contributed by atoms with Gasteiger partial charge in [-0.2, -0.15) is 8.42 Å². The molecule has 0 atom stereocenters. The fraction of sp³-hybridized carbons (Fsp3) is 0.400. The van der Waals surface area contributed by atoms with E-state index in [2.05, 4.69) is 4.98 Å². The molecule has 0 aliphatic carbocycles. The van der Waals surface area contributed by atoms with Gasteiger partial charge >= 0.3 is 0 Å². The summed E-state index contributed by atoms with van der Waals surface area (Å²) in [5.41, 5.74) is 2.53. The van der Waals surface area contributed by atoms with Gasteiger partial charge in [0.25, 0.3) is 10.0 Å². The van der Waals surface area contributed by atoms with Crippen molar-refractivity contribution in [3.8, 4) is 0 Å². The van der Waals surface area contributed by atoms with Crippen molar-refractivity contribution in [1.29, 1.82) is 0 Å². The summed E-state index contributed by atoms with van der Waals surface area (Å²) in [6.45, 7) is 7.48. The first kappa shape index (κ1) is 16.8.